The van der Waals surface area contributed by atoms with Crippen molar-refractivity contribution in [2.24, 2.45) is 0 Å². The Morgan fingerprint density at radius 1 is 1.04 bits per heavy atom. The molecule has 0 aliphatic heterocycles. The number of nitrogens with zero attached hydrogens (tertiary/aromatic N) is 1. The van der Waals surface area contributed by atoms with Gasteiger partial charge in [0.1, 0.15) is 18.9 Å². The summed E-state index contributed by atoms with van der Waals surface area (Å²) >= 11 is 0. The topological polar surface area (TPSA) is 93.5 Å². The van der Waals surface area contributed by atoms with Crippen molar-refractivity contribution < 1.29 is 18.7 Å². The van der Waals surface area contributed by atoms with Crippen LogP contribution in [-0.4, -0.2) is 23.0 Å². The van der Waals surface area contributed by atoms with Gasteiger partial charge in [0.25, 0.3) is 5.91 Å². The summed E-state index contributed by atoms with van der Waals surface area (Å²) in [6.45, 7) is 1.87. The van der Waals surface area contributed by atoms with Gasteiger partial charge in [-0.3, -0.25) is 10.1 Å². The maximum absolute atomic E-state index is 12.7. The fourth-order valence-corrected chi connectivity index (χ4v) is 2.57. The zero-order chi connectivity index (χ0) is 19.8. The molecule has 3 aromatic rings. The molecular formula is C21H21N3O4. The molecule has 0 bridgehead atoms. The Hall–Kier alpha value is -3.61. The Kier molecular flexibility index (Phi) is 6.41. The smallest absolute Gasteiger partial charge is 0.408 e. The molecule has 0 unspecified atom stereocenters. The standard InChI is InChI=1S/C21H21N3O4/c1-15-13-27-20(22-15)24-19(25)18(12-16-8-4-2-5-9-16)23-21(26)28-14-17-10-6-3-7-11-17/h2-11,13,18H,12,14H2,1H3,(H,23,26)(H,22,24,25)/t18-/m0/s1. The maximum Gasteiger partial charge on any atom is 0.408 e. The van der Waals surface area contributed by atoms with E-state index < -0.39 is 18.0 Å². The van der Waals surface area contributed by atoms with Crippen LogP contribution in [0.2, 0.25) is 0 Å². The van der Waals surface area contributed by atoms with E-state index in [9.17, 15) is 9.59 Å². The molecule has 1 aromatic heterocycles. The molecule has 2 aromatic carbocycles. The van der Waals surface area contributed by atoms with Crippen LogP contribution in [0, 0.1) is 6.92 Å². The lowest BCUT2D eigenvalue weighted by molar-refractivity contribution is -0.118. The van der Waals surface area contributed by atoms with Gasteiger partial charge in [-0.25, -0.2) is 4.79 Å². The number of carbonyl (C=O) groups is 2. The van der Waals surface area contributed by atoms with Gasteiger partial charge in [-0.1, -0.05) is 60.7 Å². The average molecular weight is 379 g/mol. The molecule has 7 heteroatoms. The minimum atomic E-state index is -0.849. The first kappa shape index (κ1) is 19.2. The Labute approximate surface area is 162 Å². The van der Waals surface area contributed by atoms with Crippen LogP contribution in [0.25, 0.3) is 0 Å². The number of oxazole rings is 1. The molecule has 0 fully saturated rings. The highest BCUT2D eigenvalue weighted by molar-refractivity contribution is 5.95. The van der Waals surface area contributed by atoms with Crippen molar-refractivity contribution in [2.75, 3.05) is 5.32 Å². The number of nitrogens with one attached hydrogen (secondary N) is 2. The predicted molar refractivity (Wildman–Crippen MR) is 104 cm³/mol. The first-order valence-corrected chi connectivity index (χ1v) is 8.84. The predicted octanol–water partition coefficient (Wildman–Crippen LogP) is 3.46. The Morgan fingerprint density at radius 3 is 2.29 bits per heavy atom. The second kappa shape index (κ2) is 9.36. The van der Waals surface area contributed by atoms with Crippen LogP contribution in [0.5, 0.6) is 0 Å². The molecule has 2 N–H and O–H groups in total. The minimum Gasteiger partial charge on any atom is -0.445 e. The van der Waals surface area contributed by atoms with E-state index in [1.54, 1.807) is 6.92 Å². The fraction of sp³-hybridized carbons (Fsp3) is 0.190. The summed E-state index contributed by atoms with van der Waals surface area (Å²) in [4.78, 5) is 28.9. The number of hydrogen-bond donors (Lipinski definition) is 2. The van der Waals surface area contributed by atoms with Crippen LogP contribution in [0.1, 0.15) is 16.8 Å². The summed E-state index contributed by atoms with van der Waals surface area (Å²) in [6, 6.07) is 17.9. The van der Waals surface area contributed by atoms with Crippen molar-refractivity contribution in [3.63, 3.8) is 0 Å². The first-order valence-electron chi connectivity index (χ1n) is 8.84. The van der Waals surface area contributed by atoms with Crippen molar-refractivity contribution >= 4 is 18.0 Å². The van der Waals surface area contributed by atoms with Crippen molar-refractivity contribution in [3.8, 4) is 0 Å². The first-order chi connectivity index (χ1) is 13.6. The summed E-state index contributed by atoms with van der Waals surface area (Å²) in [5.74, 6) is -0.442. The summed E-state index contributed by atoms with van der Waals surface area (Å²) in [5, 5.41) is 5.20. The lowest BCUT2D eigenvalue weighted by atomic mass is 10.1. The van der Waals surface area contributed by atoms with Crippen molar-refractivity contribution in [1.29, 1.82) is 0 Å². The maximum atomic E-state index is 12.7. The second-order valence-electron chi connectivity index (χ2n) is 6.23. The van der Waals surface area contributed by atoms with Crippen molar-refractivity contribution in [1.82, 2.24) is 10.3 Å². The molecule has 0 aliphatic rings. The van der Waals surface area contributed by atoms with Crippen LogP contribution in [0.4, 0.5) is 10.8 Å². The third-order valence-electron chi connectivity index (χ3n) is 3.95. The number of alkyl carbamates (subject to hydrolysis) is 1. The van der Waals surface area contributed by atoms with E-state index in [0.717, 1.165) is 11.1 Å². The molecule has 3 rings (SSSR count). The van der Waals surface area contributed by atoms with Crippen LogP contribution in [0.15, 0.2) is 71.3 Å². The quantitative estimate of drug-likeness (QED) is 0.656. The van der Waals surface area contributed by atoms with Gasteiger partial charge in [0, 0.05) is 6.42 Å². The highest BCUT2D eigenvalue weighted by Crippen LogP contribution is 2.10. The molecule has 2 amide bonds. The van der Waals surface area contributed by atoms with Crippen molar-refractivity contribution in [3.05, 3.63) is 83.7 Å². The summed E-state index contributed by atoms with van der Waals surface area (Å²) in [5.41, 5.74) is 2.40. The van der Waals surface area contributed by atoms with Gasteiger partial charge in [0.15, 0.2) is 0 Å². The van der Waals surface area contributed by atoms with Gasteiger partial charge in [-0.2, -0.15) is 4.98 Å². The van der Waals surface area contributed by atoms with Gasteiger partial charge in [0.05, 0.1) is 5.69 Å². The van der Waals surface area contributed by atoms with E-state index in [-0.39, 0.29) is 12.6 Å². The fourth-order valence-electron chi connectivity index (χ4n) is 2.57. The number of carbonyl (C=O) groups excluding carboxylic acids is 2. The minimum absolute atomic E-state index is 0.0833. The van der Waals surface area contributed by atoms with Crippen LogP contribution >= 0.6 is 0 Å². The molecule has 7 nitrogen and oxygen atoms in total. The molecule has 0 aliphatic carbocycles. The highest BCUT2D eigenvalue weighted by atomic mass is 16.5. The van der Waals surface area contributed by atoms with E-state index in [1.807, 2.05) is 60.7 Å². The molecule has 144 valence electrons. The summed E-state index contributed by atoms with van der Waals surface area (Å²) < 4.78 is 10.4. The van der Waals surface area contributed by atoms with E-state index in [0.29, 0.717) is 12.1 Å². The molecule has 28 heavy (non-hydrogen) atoms. The number of aromatic nitrogens is 1. The van der Waals surface area contributed by atoms with E-state index >= 15 is 0 Å². The third kappa shape index (κ3) is 5.70. The number of amides is 2. The SMILES string of the molecule is Cc1coc(NC(=O)[C@H](Cc2ccccc2)NC(=O)OCc2ccccc2)n1. The number of ether oxygens (including phenoxy) is 1. The molecule has 1 heterocycles. The van der Waals surface area contributed by atoms with Gasteiger partial charge >= 0.3 is 12.1 Å². The molecule has 1 atom stereocenters. The third-order valence-corrected chi connectivity index (χ3v) is 3.95. The van der Waals surface area contributed by atoms with E-state index in [2.05, 4.69) is 15.6 Å². The second-order valence-corrected chi connectivity index (χ2v) is 6.23. The highest BCUT2D eigenvalue weighted by Gasteiger charge is 2.23. The molecular weight excluding hydrogens is 358 g/mol. The number of anilines is 1. The lowest BCUT2D eigenvalue weighted by Crippen LogP contribution is -2.45. The number of hydrogen-bond acceptors (Lipinski definition) is 5. The normalized spacial score (nSPS) is 11.5. The van der Waals surface area contributed by atoms with Gasteiger partial charge < -0.3 is 14.5 Å². The number of rotatable bonds is 7. The Balaban J connectivity index is 1.64. The van der Waals surface area contributed by atoms with Crippen LogP contribution in [-0.2, 0) is 22.6 Å². The lowest BCUT2D eigenvalue weighted by Gasteiger charge is -2.17. The number of aryl methyl sites for hydroxylation is 1. The number of benzene rings is 2. The largest absolute Gasteiger partial charge is 0.445 e. The Bertz CT molecular complexity index is 910. The zero-order valence-electron chi connectivity index (χ0n) is 15.4. The molecule has 0 radical (unpaired) electrons. The Morgan fingerprint density at radius 2 is 1.68 bits per heavy atom. The van der Waals surface area contributed by atoms with Crippen molar-refractivity contribution in [2.45, 2.75) is 26.0 Å². The zero-order valence-corrected chi connectivity index (χ0v) is 15.4. The van der Waals surface area contributed by atoms with Gasteiger partial charge in [-0.15, -0.1) is 0 Å². The molecule has 0 saturated heterocycles. The molecule has 0 saturated carbocycles. The van der Waals surface area contributed by atoms with E-state index in [4.69, 9.17) is 9.15 Å². The van der Waals surface area contributed by atoms with Gasteiger partial charge in [0.2, 0.25) is 0 Å². The van der Waals surface area contributed by atoms with E-state index in [1.165, 1.54) is 6.26 Å². The molecule has 0 spiro atoms. The van der Waals surface area contributed by atoms with Gasteiger partial charge in [-0.05, 0) is 18.1 Å². The average Bonchev–Trinajstić information content (AvgIpc) is 3.12. The summed E-state index contributed by atoms with van der Waals surface area (Å²) in [7, 11) is 0. The van der Waals surface area contributed by atoms with Crippen LogP contribution < -0.4 is 10.6 Å². The monoisotopic (exact) mass is 379 g/mol. The summed E-state index contributed by atoms with van der Waals surface area (Å²) in [6.07, 6.45) is 1.06. The van der Waals surface area contributed by atoms with Crippen LogP contribution in [0.3, 0.4) is 0 Å².